The molecule has 5 nitrogen and oxygen atoms in total. The number of Topliss-reactive ketones (excluding diaryl/α,β-unsaturated/α-hetero) is 1. The molecule has 0 aromatic heterocycles. The lowest BCUT2D eigenvalue weighted by Gasteiger charge is -2.06. The first kappa shape index (κ1) is 14.0. The van der Waals surface area contributed by atoms with Gasteiger partial charge in [-0.1, -0.05) is 5.57 Å². The molecule has 0 aliphatic carbocycles. The maximum Gasteiger partial charge on any atom is 0.331 e. The Hall–Kier alpha value is -1.96. The second-order valence-corrected chi connectivity index (χ2v) is 3.54. The second kappa shape index (κ2) is 6.51. The average molecular weight is 222 g/mol. The number of carbonyl (C=O) groups is 2. The molecule has 0 unspecified atom stereocenters. The first-order valence-corrected chi connectivity index (χ1v) is 4.67. The smallest absolute Gasteiger partial charge is 0.331 e. The van der Waals surface area contributed by atoms with E-state index in [1.54, 1.807) is 19.9 Å². The van der Waals surface area contributed by atoms with E-state index in [0.717, 1.165) is 5.57 Å². The van der Waals surface area contributed by atoms with Gasteiger partial charge in [-0.15, -0.1) is 0 Å². The molecule has 16 heavy (non-hydrogen) atoms. The van der Waals surface area contributed by atoms with E-state index >= 15 is 0 Å². The Kier molecular flexibility index (Phi) is 5.71. The van der Waals surface area contributed by atoms with Crippen LogP contribution in [0.4, 0.5) is 0 Å². The van der Waals surface area contributed by atoms with Gasteiger partial charge in [0.25, 0.3) is 0 Å². The van der Waals surface area contributed by atoms with Crippen molar-refractivity contribution in [3.8, 4) is 6.07 Å². The van der Waals surface area contributed by atoms with Crippen LogP contribution >= 0.6 is 0 Å². The molecule has 0 fully saturated rings. The van der Waals surface area contributed by atoms with Gasteiger partial charge in [0.05, 0.1) is 6.07 Å². The lowest BCUT2D eigenvalue weighted by molar-refractivity contribution is -0.143. The molecular formula is C11H14N2O3. The Labute approximate surface area is 94.2 Å². The Morgan fingerprint density at radius 1 is 1.44 bits per heavy atom. The van der Waals surface area contributed by atoms with E-state index in [1.807, 2.05) is 0 Å². The van der Waals surface area contributed by atoms with Crippen LogP contribution in [-0.4, -0.2) is 24.1 Å². The predicted molar refractivity (Wildman–Crippen MR) is 57.9 cm³/mol. The summed E-state index contributed by atoms with van der Waals surface area (Å²) in [6.45, 7) is 4.34. The summed E-state index contributed by atoms with van der Waals surface area (Å²) in [4.78, 5) is 22.4. The minimum absolute atomic E-state index is 0.0502. The van der Waals surface area contributed by atoms with Gasteiger partial charge >= 0.3 is 5.97 Å². The third-order valence-electron chi connectivity index (χ3n) is 1.65. The SMILES string of the molecule is CC(=N)[C@H](C#N)C(=O)COC(=O)C=C(C)C. The average Bonchev–Trinajstić information content (AvgIpc) is 2.14. The van der Waals surface area contributed by atoms with Gasteiger partial charge in [-0.25, -0.2) is 4.79 Å². The van der Waals surface area contributed by atoms with Crippen molar-refractivity contribution in [2.24, 2.45) is 5.92 Å². The minimum Gasteiger partial charge on any atom is -0.454 e. The Balaban J connectivity index is 4.28. The molecule has 1 N–H and O–H groups in total. The highest BCUT2D eigenvalue weighted by atomic mass is 16.5. The summed E-state index contributed by atoms with van der Waals surface area (Å²) in [6, 6.07) is 1.68. The lowest BCUT2D eigenvalue weighted by Crippen LogP contribution is -2.25. The van der Waals surface area contributed by atoms with Gasteiger partial charge in [0.2, 0.25) is 0 Å². The van der Waals surface area contributed by atoms with E-state index in [2.05, 4.69) is 4.74 Å². The molecule has 0 bridgehead atoms. The largest absolute Gasteiger partial charge is 0.454 e. The monoisotopic (exact) mass is 222 g/mol. The zero-order chi connectivity index (χ0) is 12.7. The van der Waals surface area contributed by atoms with Crippen LogP contribution in [0.25, 0.3) is 0 Å². The predicted octanol–water partition coefficient (Wildman–Crippen LogP) is 1.24. The van der Waals surface area contributed by atoms with Crippen LogP contribution in [0.3, 0.4) is 0 Å². The summed E-state index contributed by atoms with van der Waals surface area (Å²) in [5, 5.41) is 15.8. The summed E-state index contributed by atoms with van der Waals surface area (Å²) < 4.78 is 4.63. The zero-order valence-electron chi connectivity index (χ0n) is 9.53. The highest BCUT2D eigenvalue weighted by molar-refractivity contribution is 6.06. The van der Waals surface area contributed by atoms with Crippen LogP contribution in [-0.2, 0) is 14.3 Å². The van der Waals surface area contributed by atoms with Gasteiger partial charge in [0.1, 0.15) is 5.92 Å². The highest BCUT2D eigenvalue weighted by Crippen LogP contribution is 2.00. The number of hydrogen-bond acceptors (Lipinski definition) is 5. The van der Waals surface area contributed by atoms with Gasteiger partial charge in [-0.05, 0) is 20.8 Å². The van der Waals surface area contributed by atoms with E-state index < -0.39 is 24.3 Å². The van der Waals surface area contributed by atoms with Crippen LogP contribution in [0, 0.1) is 22.7 Å². The summed E-state index contributed by atoms with van der Waals surface area (Å²) >= 11 is 0. The molecule has 0 aromatic carbocycles. The van der Waals surface area contributed by atoms with Gasteiger partial charge in [0.15, 0.2) is 12.4 Å². The maximum absolute atomic E-state index is 11.3. The first-order chi connectivity index (χ1) is 7.38. The number of ketones is 1. The molecular weight excluding hydrogens is 208 g/mol. The van der Waals surface area contributed by atoms with Crippen LogP contribution < -0.4 is 0 Å². The molecule has 0 rings (SSSR count). The van der Waals surface area contributed by atoms with E-state index in [9.17, 15) is 9.59 Å². The van der Waals surface area contributed by atoms with Crippen molar-refractivity contribution in [1.82, 2.24) is 0 Å². The number of allylic oxidation sites excluding steroid dienone is 1. The third-order valence-corrected chi connectivity index (χ3v) is 1.65. The molecule has 0 aromatic rings. The van der Waals surface area contributed by atoms with Crippen LogP contribution in [0.2, 0.25) is 0 Å². The quantitative estimate of drug-likeness (QED) is 0.430. The standard InChI is InChI=1S/C11H14N2O3/c1-7(2)4-11(15)16-6-10(14)9(5-12)8(3)13/h4,9,13H,6H2,1-3H3/t9-/m0/s1. The number of hydrogen-bond donors (Lipinski definition) is 1. The summed E-state index contributed by atoms with van der Waals surface area (Å²) in [6.07, 6.45) is 1.26. The summed E-state index contributed by atoms with van der Waals surface area (Å²) in [7, 11) is 0. The van der Waals surface area contributed by atoms with Crippen LogP contribution in [0.1, 0.15) is 20.8 Å². The molecule has 86 valence electrons. The van der Waals surface area contributed by atoms with Gasteiger partial charge < -0.3 is 10.1 Å². The third kappa shape index (κ3) is 5.05. The number of nitriles is 1. The number of ether oxygens (including phenoxy) is 1. The zero-order valence-corrected chi connectivity index (χ0v) is 9.53. The van der Waals surface area contributed by atoms with Gasteiger partial charge in [-0.2, -0.15) is 5.26 Å². The minimum atomic E-state index is -1.13. The second-order valence-electron chi connectivity index (χ2n) is 3.54. The molecule has 0 amide bonds. The number of rotatable bonds is 5. The topological polar surface area (TPSA) is 91.0 Å². The summed E-state index contributed by atoms with van der Waals surface area (Å²) in [5.74, 6) is -2.32. The van der Waals surface area contributed by atoms with Crippen molar-refractivity contribution < 1.29 is 14.3 Å². The van der Waals surface area contributed by atoms with E-state index in [0.29, 0.717) is 0 Å². The Morgan fingerprint density at radius 3 is 2.38 bits per heavy atom. The normalized spacial score (nSPS) is 10.9. The number of nitrogens with zero attached hydrogens (tertiary/aromatic N) is 1. The molecule has 0 spiro atoms. The highest BCUT2D eigenvalue weighted by Gasteiger charge is 2.20. The van der Waals surface area contributed by atoms with Crippen molar-refractivity contribution in [3.63, 3.8) is 0 Å². The van der Waals surface area contributed by atoms with Gasteiger partial charge in [-0.3, -0.25) is 4.79 Å². The molecule has 1 atom stereocenters. The van der Waals surface area contributed by atoms with Crippen molar-refractivity contribution >= 4 is 17.5 Å². The molecule has 5 heteroatoms. The summed E-state index contributed by atoms with van der Waals surface area (Å²) in [5.41, 5.74) is 0.711. The molecule has 0 aliphatic heterocycles. The molecule has 0 aliphatic rings. The number of carbonyl (C=O) groups excluding carboxylic acids is 2. The first-order valence-electron chi connectivity index (χ1n) is 4.67. The van der Waals surface area contributed by atoms with Crippen LogP contribution in [0.15, 0.2) is 11.6 Å². The fourth-order valence-electron chi connectivity index (χ4n) is 0.913. The maximum atomic E-state index is 11.3. The molecule has 0 saturated heterocycles. The molecule has 0 saturated carbocycles. The van der Waals surface area contributed by atoms with Crippen molar-refractivity contribution in [2.75, 3.05) is 6.61 Å². The Morgan fingerprint density at radius 2 is 2.00 bits per heavy atom. The fraction of sp³-hybridized carbons (Fsp3) is 0.455. The Bertz CT molecular complexity index is 373. The van der Waals surface area contributed by atoms with Crippen molar-refractivity contribution in [1.29, 1.82) is 10.7 Å². The van der Waals surface area contributed by atoms with E-state index in [-0.39, 0.29) is 5.71 Å². The van der Waals surface area contributed by atoms with Gasteiger partial charge in [0, 0.05) is 11.8 Å². The molecule has 0 radical (unpaired) electrons. The van der Waals surface area contributed by atoms with Crippen molar-refractivity contribution in [3.05, 3.63) is 11.6 Å². The fourth-order valence-corrected chi connectivity index (χ4v) is 0.913. The van der Waals surface area contributed by atoms with E-state index in [4.69, 9.17) is 10.7 Å². The number of nitrogens with one attached hydrogen (secondary N) is 1. The van der Waals surface area contributed by atoms with E-state index in [1.165, 1.54) is 13.0 Å². The molecule has 0 heterocycles. The number of esters is 1. The van der Waals surface area contributed by atoms with Crippen LogP contribution in [0.5, 0.6) is 0 Å². The lowest BCUT2D eigenvalue weighted by atomic mass is 10.0. The van der Waals surface area contributed by atoms with Crippen molar-refractivity contribution in [2.45, 2.75) is 20.8 Å².